The molecule has 7 heteroatoms. The van der Waals surface area contributed by atoms with Crippen molar-refractivity contribution in [2.24, 2.45) is 5.92 Å². The number of ether oxygens (including phenoxy) is 2. The first-order valence-electron chi connectivity index (χ1n) is 8.09. The van der Waals surface area contributed by atoms with Gasteiger partial charge in [-0.1, -0.05) is 20.8 Å². The summed E-state index contributed by atoms with van der Waals surface area (Å²) in [6.45, 7) is 9.63. The molecule has 0 atom stereocenters. The molecule has 1 aromatic rings. The quantitative estimate of drug-likeness (QED) is 0.718. The van der Waals surface area contributed by atoms with Gasteiger partial charge in [0.25, 0.3) is 0 Å². The molecule has 134 valence electrons. The summed E-state index contributed by atoms with van der Waals surface area (Å²) in [5, 5.41) is 3.04. The highest BCUT2D eigenvalue weighted by molar-refractivity contribution is 7.18. The first kappa shape index (κ1) is 20.2. The van der Waals surface area contributed by atoms with Gasteiger partial charge in [-0.2, -0.15) is 0 Å². The molecule has 0 saturated carbocycles. The molecule has 1 amide bonds. The van der Waals surface area contributed by atoms with Crippen LogP contribution in [0.4, 0.5) is 5.00 Å². The van der Waals surface area contributed by atoms with Crippen molar-refractivity contribution in [2.45, 2.75) is 47.5 Å². The molecule has 0 aliphatic carbocycles. The van der Waals surface area contributed by atoms with Crippen LogP contribution in [0.15, 0.2) is 0 Å². The molecule has 0 saturated heterocycles. The number of carbonyl (C=O) groups is 3. The van der Waals surface area contributed by atoms with Crippen LogP contribution in [-0.2, 0) is 14.3 Å². The van der Waals surface area contributed by atoms with Crippen LogP contribution in [0, 0.1) is 12.8 Å². The first-order chi connectivity index (χ1) is 11.3. The van der Waals surface area contributed by atoms with Crippen LogP contribution in [0.3, 0.4) is 0 Å². The van der Waals surface area contributed by atoms with Gasteiger partial charge in [-0.05, 0) is 31.7 Å². The highest BCUT2D eigenvalue weighted by Crippen LogP contribution is 2.34. The molecule has 6 nitrogen and oxygen atoms in total. The van der Waals surface area contributed by atoms with E-state index >= 15 is 0 Å². The fraction of sp³-hybridized carbons (Fsp3) is 0.588. The zero-order valence-electron chi connectivity index (χ0n) is 14.9. The second-order valence-corrected chi connectivity index (χ2v) is 6.79. The number of hydrogen-bond donors (Lipinski definition) is 1. The molecule has 0 bridgehead atoms. The van der Waals surface area contributed by atoms with Crippen LogP contribution in [-0.4, -0.2) is 31.1 Å². The van der Waals surface area contributed by atoms with E-state index in [1.54, 1.807) is 13.8 Å². The second-order valence-electron chi connectivity index (χ2n) is 5.77. The molecule has 1 N–H and O–H groups in total. The predicted molar refractivity (Wildman–Crippen MR) is 93.7 cm³/mol. The Bertz CT molecular complexity index is 606. The molecule has 0 unspecified atom stereocenters. The average molecular weight is 355 g/mol. The molecule has 0 aromatic carbocycles. The summed E-state index contributed by atoms with van der Waals surface area (Å²) in [5.41, 5.74) is 0.696. The molecule has 0 aliphatic heterocycles. The Kier molecular flexibility index (Phi) is 7.91. The second kappa shape index (κ2) is 9.42. The molecule has 24 heavy (non-hydrogen) atoms. The van der Waals surface area contributed by atoms with Crippen molar-refractivity contribution in [3.05, 3.63) is 16.0 Å². The summed E-state index contributed by atoms with van der Waals surface area (Å²) >= 11 is 1.05. The number of esters is 2. The monoisotopic (exact) mass is 355 g/mol. The van der Waals surface area contributed by atoms with Gasteiger partial charge in [0.1, 0.15) is 9.88 Å². The van der Waals surface area contributed by atoms with E-state index in [-0.39, 0.29) is 24.0 Å². The summed E-state index contributed by atoms with van der Waals surface area (Å²) in [4.78, 5) is 36.6. The maximum absolute atomic E-state index is 12.3. The van der Waals surface area contributed by atoms with Gasteiger partial charge in [-0.3, -0.25) is 4.79 Å². The van der Waals surface area contributed by atoms with Gasteiger partial charge >= 0.3 is 11.9 Å². The van der Waals surface area contributed by atoms with E-state index in [0.717, 1.165) is 11.3 Å². The summed E-state index contributed by atoms with van der Waals surface area (Å²) in [7, 11) is 0. The fourth-order valence-electron chi connectivity index (χ4n) is 1.97. The minimum atomic E-state index is -0.555. The number of amides is 1. The Hall–Kier alpha value is -1.89. The lowest BCUT2D eigenvalue weighted by molar-refractivity contribution is -0.116. The summed E-state index contributed by atoms with van der Waals surface area (Å²) in [6.07, 6.45) is 1.03. The van der Waals surface area contributed by atoms with Gasteiger partial charge in [-0.15, -0.1) is 11.3 Å². The molecular formula is C17H25NO5S. The molecule has 0 aliphatic rings. The predicted octanol–water partition coefficient (Wildman–Crippen LogP) is 3.78. The van der Waals surface area contributed by atoms with Crippen molar-refractivity contribution in [2.75, 3.05) is 18.5 Å². The van der Waals surface area contributed by atoms with E-state index in [1.165, 1.54) is 0 Å². The topological polar surface area (TPSA) is 81.7 Å². The van der Waals surface area contributed by atoms with E-state index in [4.69, 9.17) is 9.47 Å². The Morgan fingerprint density at radius 1 is 1.12 bits per heavy atom. The summed E-state index contributed by atoms with van der Waals surface area (Å²) in [5.74, 6) is -1.04. The maximum Gasteiger partial charge on any atom is 0.348 e. The van der Waals surface area contributed by atoms with E-state index in [1.807, 2.05) is 20.8 Å². The van der Waals surface area contributed by atoms with E-state index in [0.29, 0.717) is 34.9 Å². The molecule has 0 fully saturated rings. The standard InChI is InChI=1S/C17H25NO5S/c1-6-8-12(19)18-15-13(16(20)22-7-2)11(5)14(24-15)17(21)23-9-10(3)4/h10H,6-9H2,1-5H3,(H,18,19). The van der Waals surface area contributed by atoms with Crippen molar-refractivity contribution in [3.8, 4) is 0 Å². The lowest BCUT2D eigenvalue weighted by Gasteiger charge is -2.07. The first-order valence-corrected chi connectivity index (χ1v) is 8.90. The third-order valence-corrected chi connectivity index (χ3v) is 4.28. The van der Waals surface area contributed by atoms with Gasteiger partial charge < -0.3 is 14.8 Å². The lowest BCUT2D eigenvalue weighted by Crippen LogP contribution is -2.14. The van der Waals surface area contributed by atoms with Gasteiger partial charge in [0.15, 0.2) is 0 Å². The van der Waals surface area contributed by atoms with Crippen molar-refractivity contribution in [1.82, 2.24) is 0 Å². The smallest absolute Gasteiger partial charge is 0.348 e. The number of anilines is 1. The van der Waals surface area contributed by atoms with Crippen molar-refractivity contribution < 1.29 is 23.9 Å². The highest BCUT2D eigenvalue weighted by atomic mass is 32.1. The SMILES string of the molecule is CCCC(=O)Nc1sc(C(=O)OCC(C)C)c(C)c1C(=O)OCC. The van der Waals surface area contributed by atoms with Crippen LogP contribution in [0.5, 0.6) is 0 Å². The van der Waals surface area contributed by atoms with Gasteiger partial charge in [0.05, 0.1) is 18.8 Å². The Morgan fingerprint density at radius 2 is 1.79 bits per heavy atom. The van der Waals surface area contributed by atoms with Gasteiger partial charge in [0, 0.05) is 6.42 Å². The summed E-state index contributed by atoms with van der Waals surface area (Å²) in [6, 6.07) is 0. The van der Waals surface area contributed by atoms with Gasteiger partial charge in [-0.25, -0.2) is 9.59 Å². The number of nitrogens with one attached hydrogen (secondary N) is 1. The van der Waals surface area contributed by atoms with Crippen LogP contribution >= 0.6 is 11.3 Å². The molecule has 0 radical (unpaired) electrons. The third-order valence-electron chi connectivity index (χ3n) is 3.09. The molecule has 1 rings (SSSR count). The largest absolute Gasteiger partial charge is 0.462 e. The Morgan fingerprint density at radius 3 is 2.33 bits per heavy atom. The number of rotatable bonds is 8. The van der Waals surface area contributed by atoms with E-state index in [2.05, 4.69) is 5.32 Å². The fourth-order valence-corrected chi connectivity index (χ4v) is 3.07. The molecule has 0 spiro atoms. The van der Waals surface area contributed by atoms with Gasteiger partial charge in [0.2, 0.25) is 5.91 Å². The van der Waals surface area contributed by atoms with Crippen molar-refractivity contribution in [1.29, 1.82) is 0 Å². The molecule has 1 heterocycles. The average Bonchev–Trinajstić information content (AvgIpc) is 2.81. The zero-order chi connectivity index (χ0) is 18.3. The van der Waals surface area contributed by atoms with Crippen LogP contribution in [0.25, 0.3) is 0 Å². The minimum absolute atomic E-state index is 0.202. The Labute approximate surface area is 146 Å². The Balaban J connectivity index is 3.15. The maximum atomic E-state index is 12.3. The van der Waals surface area contributed by atoms with E-state index in [9.17, 15) is 14.4 Å². The number of thiophene rings is 1. The van der Waals surface area contributed by atoms with Crippen molar-refractivity contribution in [3.63, 3.8) is 0 Å². The van der Waals surface area contributed by atoms with Crippen LogP contribution < -0.4 is 5.32 Å². The molecule has 1 aromatic heterocycles. The zero-order valence-corrected chi connectivity index (χ0v) is 15.7. The van der Waals surface area contributed by atoms with Crippen molar-refractivity contribution >= 4 is 34.2 Å². The molecular weight excluding hydrogens is 330 g/mol. The highest BCUT2D eigenvalue weighted by Gasteiger charge is 2.27. The third kappa shape index (κ3) is 5.33. The number of carbonyl (C=O) groups excluding carboxylic acids is 3. The number of hydrogen-bond acceptors (Lipinski definition) is 6. The van der Waals surface area contributed by atoms with Crippen LogP contribution in [0.1, 0.15) is 66.1 Å². The normalized spacial score (nSPS) is 10.6. The van der Waals surface area contributed by atoms with E-state index < -0.39 is 11.9 Å². The van der Waals surface area contributed by atoms with Crippen LogP contribution in [0.2, 0.25) is 0 Å². The minimum Gasteiger partial charge on any atom is -0.462 e. The lowest BCUT2D eigenvalue weighted by atomic mass is 10.1. The summed E-state index contributed by atoms with van der Waals surface area (Å²) < 4.78 is 10.3.